The summed E-state index contributed by atoms with van der Waals surface area (Å²) in [4.78, 5) is 32.2. The third-order valence-corrected chi connectivity index (χ3v) is 14.5. The molecule has 0 aromatic rings. The highest BCUT2D eigenvalue weighted by Gasteiger charge is 2.50. The fraction of sp³-hybridized carbons (Fsp3) is 0.967. The van der Waals surface area contributed by atoms with E-state index in [4.69, 9.17) is 18.9 Å². The summed E-state index contributed by atoms with van der Waals surface area (Å²) in [5.41, 5.74) is -1.41. The highest BCUT2D eigenvalue weighted by Crippen LogP contribution is 2.35. The van der Waals surface area contributed by atoms with Crippen LogP contribution in [0.3, 0.4) is 0 Å². The molecule has 0 amide bonds. The van der Waals surface area contributed by atoms with E-state index >= 15 is 0 Å². The Labute approximate surface area is 424 Å². The molecule has 1 fully saturated rings. The fourth-order valence-electron chi connectivity index (χ4n) is 9.68. The highest BCUT2D eigenvalue weighted by molar-refractivity contribution is 5.76. The summed E-state index contributed by atoms with van der Waals surface area (Å²) < 4.78 is 25.5. The maximum atomic E-state index is 13.4. The van der Waals surface area contributed by atoms with Crippen molar-refractivity contribution in [3.8, 4) is 0 Å². The van der Waals surface area contributed by atoms with Gasteiger partial charge in [-0.3, -0.25) is 9.59 Å². The molecular formula is C60H118N2O6. The predicted molar refractivity (Wildman–Crippen MR) is 290 cm³/mol. The van der Waals surface area contributed by atoms with Crippen LogP contribution in [0.15, 0.2) is 0 Å². The van der Waals surface area contributed by atoms with E-state index in [-0.39, 0.29) is 24.0 Å². The van der Waals surface area contributed by atoms with Gasteiger partial charge in [0.2, 0.25) is 0 Å². The Kier molecular flexibility index (Phi) is 39.3. The molecule has 1 aliphatic rings. The molecule has 0 aromatic heterocycles. The minimum absolute atomic E-state index is 0.157. The minimum atomic E-state index is -0.842. The topological polar surface area (TPSA) is 77.5 Å². The van der Waals surface area contributed by atoms with Gasteiger partial charge in [0.25, 0.3) is 0 Å². The van der Waals surface area contributed by atoms with Crippen molar-refractivity contribution >= 4 is 11.9 Å². The van der Waals surface area contributed by atoms with Gasteiger partial charge in [-0.1, -0.05) is 208 Å². The van der Waals surface area contributed by atoms with Crippen LogP contribution in [0.5, 0.6) is 0 Å². The number of unbranched alkanes of at least 4 members (excludes halogenated alkanes) is 27. The van der Waals surface area contributed by atoms with Crippen LogP contribution in [0.25, 0.3) is 0 Å². The number of esters is 2. The first-order valence-corrected chi connectivity index (χ1v) is 29.8. The molecule has 0 N–H and O–H groups in total. The zero-order chi connectivity index (χ0) is 50.3. The largest absolute Gasteiger partial charge is 0.457 e. The summed E-state index contributed by atoms with van der Waals surface area (Å²) in [6, 6.07) is 0. The maximum absolute atomic E-state index is 13.4. The SMILES string of the molecule is CCCCCCCCCCCCN(CCCCCCCCCCCC)CCCN(CCCCCCCCCCCC)CCCOC1OC(CC)C(C)C(OC(=O)C(C)(C)C)C1OC(=O)C(C)(C)C. The van der Waals surface area contributed by atoms with Gasteiger partial charge in [0, 0.05) is 12.5 Å². The van der Waals surface area contributed by atoms with E-state index in [2.05, 4.69) is 37.5 Å². The van der Waals surface area contributed by atoms with Gasteiger partial charge >= 0.3 is 11.9 Å². The first-order chi connectivity index (χ1) is 32.7. The number of hydrogen-bond donors (Lipinski definition) is 0. The van der Waals surface area contributed by atoms with Gasteiger partial charge in [0.1, 0.15) is 6.10 Å². The second kappa shape index (κ2) is 41.3. The first kappa shape index (κ1) is 64.8. The summed E-state index contributed by atoms with van der Waals surface area (Å²) in [6.07, 6.45) is 41.6. The van der Waals surface area contributed by atoms with Crippen LogP contribution in [0, 0.1) is 16.7 Å². The molecule has 8 nitrogen and oxygen atoms in total. The molecule has 0 spiro atoms. The lowest BCUT2D eigenvalue weighted by atomic mass is 9.88. The number of carbonyl (C=O) groups excluding carboxylic acids is 2. The summed E-state index contributed by atoms with van der Waals surface area (Å²) in [5.74, 6) is -0.818. The fourth-order valence-corrected chi connectivity index (χ4v) is 9.68. The van der Waals surface area contributed by atoms with Gasteiger partial charge in [0.05, 0.1) is 23.5 Å². The zero-order valence-electron chi connectivity index (χ0n) is 47.5. The van der Waals surface area contributed by atoms with Gasteiger partial charge in [0.15, 0.2) is 12.4 Å². The molecule has 8 heteroatoms. The summed E-state index contributed by atoms with van der Waals surface area (Å²) in [5, 5.41) is 0. The quantitative estimate of drug-likeness (QED) is 0.0441. The first-order valence-electron chi connectivity index (χ1n) is 29.8. The number of nitrogens with zero attached hydrogens (tertiary/aromatic N) is 2. The van der Waals surface area contributed by atoms with Gasteiger partial charge in [-0.25, -0.2) is 0 Å². The van der Waals surface area contributed by atoms with Crippen molar-refractivity contribution in [2.45, 2.75) is 313 Å². The van der Waals surface area contributed by atoms with E-state index in [1.54, 1.807) is 0 Å². The van der Waals surface area contributed by atoms with Crippen LogP contribution in [0.4, 0.5) is 0 Å². The molecule has 1 rings (SSSR count). The van der Waals surface area contributed by atoms with Crippen LogP contribution in [-0.4, -0.2) is 92.2 Å². The molecule has 5 atom stereocenters. The number of ether oxygens (including phenoxy) is 4. The molecular weight excluding hydrogens is 845 g/mol. The normalized spacial score (nSPS) is 19.0. The number of carbonyl (C=O) groups is 2. The standard InChI is InChI=1S/C60H118N2O6/c1-12-16-19-22-25-28-31-34-37-40-45-61(46-41-38-35-32-29-26-23-20-17-13-2)48-43-49-62(47-42-39-36-33-30-27-24-21-18-14-3)50-44-51-65-56-55(68-58(64)60(9,10)11)54(52(5)53(15-4)66-56)67-57(63)59(6,7)8/h52-56H,12-51H2,1-11H3. The highest BCUT2D eigenvalue weighted by atomic mass is 16.7. The van der Waals surface area contributed by atoms with Gasteiger partial charge in [-0.2, -0.15) is 0 Å². The van der Waals surface area contributed by atoms with Crippen LogP contribution in [-0.2, 0) is 28.5 Å². The lowest BCUT2D eigenvalue weighted by Gasteiger charge is -2.45. The van der Waals surface area contributed by atoms with Crippen LogP contribution in [0.2, 0.25) is 0 Å². The molecule has 0 saturated carbocycles. The van der Waals surface area contributed by atoms with Crippen molar-refractivity contribution in [3.63, 3.8) is 0 Å². The van der Waals surface area contributed by atoms with Gasteiger partial charge < -0.3 is 28.7 Å². The molecule has 404 valence electrons. The average molecular weight is 964 g/mol. The Balaban J connectivity index is 2.96. The summed E-state index contributed by atoms with van der Waals surface area (Å²) in [6.45, 7) is 29.5. The maximum Gasteiger partial charge on any atom is 0.311 e. The molecule has 0 radical (unpaired) electrons. The van der Waals surface area contributed by atoms with E-state index in [0.29, 0.717) is 6.61 Å². The lowest BCUT2D eigenvalue weighted by Crippen LogP contribution is -2.58. The predicted octanol–water partition coefficient (Wildman–Crippen LogP) is 16.8. The van der Waals surface area contributed by atoms with Crippen LogP contribution in [0.1, 0.15) is 288 Å². The van der Waals surface area contributed by atoms with Gasteiger partial charge in [-0.05, 0) is 113 Å². The monoisotopic (exact) mass is 963 g/mol. The summed E-state index contributed by atoms with van der Waals surface area (Å²) >= 11 is 0. The van der Waals surface area contributed by atoms with E-state index < -0.39 is 29.3 Å². The molecule has 1 aliphatic heterocycles. The van der Waals surface area contributed by atoms with Gasteiger partial charge in [-0.15, -0.1) is 0 Å². The molecule has 5 unspecified atom stereocenters. The van der Waals surface area contributed by atoms with Crippen molar-refractivity contribution in [1.29, 1.82) is 0 Å². The van der Waals surface area contributed by atoms with Crippen LogP contribution >= 0.6 is 0 Å². The second-order valence-corrected chi connectivity index (χ2v) is 23.4. The molecule has 68 heavy (non-hydrogen) atoms. The third-order valence-electron chi connectivity index (χ3n) is 14.5. The minimum Gasteiger partial charge on any atom is -0.457 e. The summed E-state index contributed by atoms with van der Waals surface area (Å²) in [7, 11) is 0. The Bertz CT molecular complexity index is 1140. The zero-order valence-corrected chi connectivity index (χ0v) is 47.5. The lowest BCUT2D eigenvalue weighted by molar-refractivity contribution is -0.293. The van der Waals surface area contributed by atoms with Crippen molar-refractivity contribution in [2.75, 3.05) is 45.9 Å². The van der Waals surface area contributed by atoms with Crippen molar-refractivity contribution in [2.24, 2.45) is 16.7 Å². The Morgan fingerprint density at radius 2 is 0.706 bits per heavy atom. The Hall–Kier alpha value is -1.22. The number of hydrogen-bond acceptors (Lipinski definition) is 8. The molecule has 1 heterocycles. The molecule has 0 aliphatic carbocycles. The number of rotatable bonds is 45. The molecule has 1 saturated heterocycles. The van der Waals surface area contributed by atoms with E-state index in [9.17, 15) is 9.59 Å². The molecule has 0 bridgehead atoms. The van der Waals surface area contributed by atoms with Crippen molar-refractivity contribution in [1.82, 2.24) is 9.80 Å². The van der Waals surface area contributed by atoms with Crippen LogP contribution < -0.4 is 0 Å². The second-order valence-electron chi connectivity index (χ2n) is 23.4. The smallest absolute Gasteiger partial charge is 0.311 e. The average Bonchev–Trinajstić information content (AvgIpc) is 3.29. The van der Waals surface area contributed by atoms with E-state index in [1.807, 2.05) is 48.5 Å². The van der Waals surface area contributed by atoms with Crippen molar-refractivity contribution in [3.05, 3.63) is 0 Å². The Morgan fingerprint density at radius 1 is 0.412 bits per heavy atom. The van der Waals surface area contributed by atoms with E-state index in [0.717, 1.165) is 32.5 Å². The molecule has 0 aromatic carbocycles. The van der Waals surface area contributed by atoms with Crippen molar-refractivity contribution < 1.29 is 28.5 Å². The van der Waals surface area contributed by atoms with E-state index in [1.165, 1.54) is 219 Å². The third kappa shape index (κ3) is 32.7. The Morgan fingerprint density at radius 3 is 1.03 bits per heavy atom.